The van der Waals surface area contributed by atoms with Gasteiger partial charge in [0.15, 0.2) is 0 Å². The van der Waals surface area contributed by atoms with Crippen LogP contribution in [0.3, 0.4) is 0 Å². The first-order valence-electron chi connectivity index (χ1n) is 7.11. The van der Waals surface area contributed by atoms with Crippen LogP contribution in [-0.4, -0.2) is 23.1 Å². The quantitative estimate of drug-likeness (QED) is 0.809. The number of hydrogen-bond acceptors (Lipinski definition) is 4. The van der Waals surface area contributed by atoms with Gasteiger partial charge in [-0.2, -0.15) is 0 Å². The highest BCUT2D eigenvalue weighted by Gasteiger charge is 2.15. The Hall–Kier alpha value is -1.16. The number of aromatic nitrogens is 2. The van der Waals surface area contributed by atoms with Gasteiger partial charge in [-0.25, -0.2) is 9.97 Å². The van der Waals surface area contributed by atoms with Crippen LogP contribution in [0.4, 0.5) is 5.82 Å². The molecule has 0 amide bonds. The van der Waals surface area contributed by atoms with E-state index in [1.807, 2.05) is 0 Å². The second kappa shape index (κ2) is 6.69. The Kier molecular flexibility index (Phi) is 4.93. The lowest BCUT2D eigenvalue weighted by Crippen LogP contribution is -2.20. The summed E-state index contributed by atoms with van der Waals surface area (Å²) < 4.78 is 0. The highest BCUT2D eigenvalue weighted by molar-refractivity contribution is 5.46. The summed E-state index contributed by atoms with van der Waals surface area (Å²) in [5, 5.41) is 3.50. The molecule has 1 aliphatic carbocycles. The molecule has 18 heavy (non-hydrogen) atoms. The number of nitrogens with two attached hydrogens (primary N) is 1. The first kappa shape index (κ1) is 13.3. The van der Waals surface area contributed by atoms with E-state index >= 15 is 0 Å². The van der Waals surface area contributed by atoms with Gasteiger partial charge in [-0.3, -0.25) is 0 Å². The Balaban J connectivity index is 2.00. The zero-order valence-corrected chi connectivity index (χ0v) is 11.3. The van der Waals surface area contributed by atoms with Crippen LogP contribution in [0.5, 0.6) is 0 Å². The van der Waals surface area contributed by atoms with Gasteiger partial charge in [-0.15, -0.1) is 0 Å². The molecule has 0 aromatic carbocycles. The third-order valence-corrected chi connectivity index (χ3v) is 3.84. The van der Waals surface area contributed by atoms with E-state index in [1.54, 1.807) is 6.33 Å². The second-order valence-corrected chi connectivity index (χ2v) is 5.09. The van der Waals surface area contributed by atoms with E-state index in [-0.39, 0.29) is 0 Å². The van der Waals surface area contributed by atoms with Crippen LogP contribution in [0, 0.1) is 5.92 Å². The monoisotopic (exact) mass is 248 g/mol. The van der Waals surface area contributed by atoms with E-state index in [9.17, 15) is 0 Å². The lowest BCUT2D eigenvalue weighted by Gasteiger charge is -2.20. The number of nitrogens with zero attached hydrogens (tertiary/aromatic N) is 2. The first-order valence-corrected chi connectivity index (χ1v) is 7.11. The maximum atomic E-state index is 5.63. The van der Waals surface area contributed by atoms with Crippen LogP contribution in [0.25, 0.3) is 0 Å². The molecule has 1 aromatic rings. The molecule has 4 heteroatoms. The lowest BCUT2D eigenvalue weighted by atomic mass is 9.96. The fraction of sp³-hybridized carbons (Fsp3) is 0.714. The highest BCUT2D eigenvalue weighted by Crippen LogP contribution is 2.24. The summed E-state index contributed by atoms with van der Waals surface area (Å²) in [4.78, 5) is 8.80. The molecule has 0 bridgehead atoms. The van der Waals surface area contributed by atoms with Crippen LogP contribution >= 0.6 is 0 Å². The molecule has 100 valence electrons. The topological polar surface area (TPSA) is 63.8 Å². The highest BCUT2D eigenvalue weighted by atomic mass is 15.0. The molecule has 0 saturated carbocycles. The number of anilines is 1. The normalized spacial score (nSPS) is 16.1. The van der Waals surface area contributed by atoms with Crippen molar-refractivity contribution in [2.24, 2.45) is 11.7 Å². The minimum Gasteiger partial charge on any atom is -0.369 e. The zero-order valence-electron chi connectivity index (χ0n) is 11.3. The lowest BCUT2D eigenvalue weighted by molar-refractivity contribution is 0.500. The van der Waals surface area contributed by atoms with Crippen LogP contribution in [0.2, 0.25) is 0 Å². The molecule has 1 atom stereocenters. The summed E-state index contributed by atoms with van der Waals surface area (Å²) in [5.74, 6) is 1.69. The van der Waals surface area contributed by atoms with E-state index in [1.165, 1.54) is 24.1 Å². The molecule has 3 N–H and O–H groups in total. The van der Waals surface area contributed by atoms with Gasteiger partial charge in [0, 0.05) is 17.8 Å². The maximum absolute atomic E-state index is 5.63. The van der Waals surface area contributed by atoms with E-state index in [2.05, 4.69) is 22.2 Å². The van der Waals surface area contributed by atoms with Crippen LogP contribution < -0.4 is 11.1 Å². The fourth-order valence-corrected chi connectivity index (χ4v) is 2.60. The third-order valence-electron chi connectivity index (χ3n) is 3.84. The van der Waals surface area contributed by atoms with E-state index in [4.69, 9.17) is 5.73 Å². The van der Waals surface area contributed by atoms with Crippen LogP contribution in [-0.2, 0) is 12.8 Å². The molecule has 0 spiro atoms. The molecule has 0 radical (unpaired) electrons. The molecule has 2 rings (SSSR count). The Morgan fingerprint density at radius 3 is 2.94 bits per heavy atom. The van der Waals surface area contributed by atoms with Crippen LogP contribution in [0.15, 0.2) is 6.33 Å². The van der Waals surface area contributed by atoms with Gasteiger partial charge in [0.05, 0.1) is 0 Å². The van der Waals surface area contributed by atoms with E-state index in [0.29, 0.717) is 5.92 Å². The summed E-state index contributed by atoms with van der Waals surface area (Å²) in [7, 11) is 0. The fourth-order valence-electron chi connectivity index (χ4n) is 2.60. The van der Waals surface area contributed by atoms with Crippen molar-refractivity contribution in [3.8, 4) is 0 Å². The minimum atomic E-state index is 0.643. The summed E-state index contributed by atoms with van der Waals surface area (Å²) in [6.07, 6.45) is 8.67. The van der Waals surface area contributed by atoms with E-state index < -0.39 is 0 Å². The first-order chi connectivity index (χ1) is 8.85. The molecular weight excluding hydrogens is 224 g/mol. The third kappa shape index (κ3) is 3.19. The van der Waals surface area contributed by atoms with Crippen molar-refractivity contribution in [1.82, 2.24) is 9.97 Å². The molecule has 0 saturated heterocycles. The van der Waals surface area contributed by atoms with Gasteiger partial charge in [-0.05, 0) is 44.6 Å². The van der Waals surface area contributed by atoms with Crippen molar-refractivity contribution in [1.29, 1.82) is 0 Å². The van der Waals surface area contributed by atoms with Crippen LogP contribution in [0.1, 0.15) is 43.9 Å². The van der Waals surface area contributed by atoms with Crippen molar-refractivity contribution in [2.45, 2.75) is 45.4 Å². The Bertz CT molecular complexity index is 378. The number of nitrogens with one attached hydrogen (secondary N) is 1. The predicted molar refractivity (Wildman–Crippen MR) is 74.6 cm³/mol. The van der Waals surface area contributed by atoms with Crippen molar-refractivity contribution < 1.29 is 0 Å². The van der Waals surface area contributed by atoms with Crippen molar-refractivity contribution in [2.75, 3.05) is 18.4 Å². The second-order valence-electron chi connectivity index (χ2n) is 5.09. The van der Waals surface area contributed by atoms with Gasteiger partial charge in [0.2, 0.25) is 0 Å². The SMILES string of the molecule is CCC(CCN)CNc1ncnc2c1CCCC2. The molecule has 1 aromatic heterocycles. The van der Waals surface area contributed by atoms with Gasteiger partial charge in [-0.1, -0.05) is 13.3 Å². The van der Waals surface area contributed by atoms with Gasteiger partial charge < -0.3 is 11.1 Å². The summed E-state index contributed by atoms with van der Waals surface area (Å²) in [6, 6.07) is 0. The average molecular weight is 248 g/mol. The smallest absolute Gasteiger partial charge is 0.132 e. The summed E-state index contributed by atoms with van der Waals surface area (Å²) in [5.41, 5.74) is 8.21. The molecule has 1 heterocycles. The average Bonchev–Trinajstić information content (AvgIpc) is 2.43. The Labute approximate surface area is 109 Å². The molecular formula is C14H24N4. The zero-order chi connectivity index (χ0) is 12.8. The summed E-state index contributed by atoms with van der Waals surface area (Å²) >= 11 is 0. The van der Waals surface area contributed by atoms with Crippen molar-refractivity contribution in [3.05, 3.63) is 17.6 Å². The van der Waals surface area contributed by atoms with E-state index in [0.717, 1.165) is 44.6 Å². The number of fused-ring (bicyclic) bond motifs is 1. The molecule has 1 unspecified atom stereocenters. The predicted octanol–water partition coefficient (Wildman–Crippen LogP) is 2.14. The van der Waals surface area contributed by atoms with Gasteiger partial charge in [0.1, 0.15) is 12.1 Å². The van der Waals surface area contributed by atoms with Crippen molar-refractivity contribution >= 4 is 5.82 Å². The Morgan fingerprint density at radius 2 is 2.17 bits per heavy atom. The number of rotatable bonds is 6. The molecule has 4 nitrogen and oxygen atoms in total. The number of aryl methyl sites for hydroxylation is 1. The molecule has 1 aliphatic rings. The standard InChI is InChI=1S/C14H24N4/c1-2-11(7-8-15)9-16-14-12-5-3-4-6-13(12)17-10-18-14/h10-11H,2-9,15H2,1H3,(H,16,17,18). The van der Waals surface area contributed by atoms with Gasteiger partial charge in [0.25, 0.3) is 0 Å². The minimum absolute atomic E-state index is 0.643. The molecule has 0 aliphatic heterocycles. The summed E-state index contributed by atoms with van der Waals surface area (Å²) in [6.45, 7) is 3.96. The Morgan fingerprint density at radius 1 is 1.33 bits per heavy atom. The van der Waals surface area contributed by atoms with Gasteiger partial charge >= 0.3 is 0 Å². The number of hydrogen-bond donors (Lipinski definition) is 2. The molecule has 0 fully saturated rings. The van der Waals surface area contributed by atoms with Crippen molar-refractivity contribution in [3.63, 3.8) is 0 Å². The largest absolute Gasteiger partial charge is 0.369 e. The maximum Gasteiger partial charge on any atom is 0.132 e.